The highest BCUT2D eigenvalue weighted by Crippen LogP contribution is 2.34. The summed E-state index contributed by atoms with van der Waals surface area (Å²) in [6.45, 7) is 0. The van der Waals surface area contributed by atoms with Gasteiger partial charge in [0.1, 0.15) is 6.17 Å². The summed E-state index contributed by atoms with van der Waals surface area (Å²) in [6, 6.07) is 1.61. The van der Waals surface area contributed by atoms with E-state index in [4.69, 9.17) is 17.3 Å². The summed E-state index contributed by atoms with van der Waals surface area (Å²) in [7, 11) is 0. The lowest BCUT2D eigenvalue weighted by atomic mass is 9.80. The van der Waals surface area contributed by atoms with Crippen molar-refractivity contribution in [2.75, 3.05) is 5.73 Å². The molecule has 1 aromatic rings. The largest absolute Gasteiger partial charge is 0.396 e. The van der Waals surface area contributed by atoms with E-state index in [2.05, 4.69) is 4.98 Å². The second-order valence-electron chi connectivity index (χ2n) is 4.73. The quantitative estimate of drug-likeness (QED) is 0.857. The van der Waals surface area contributed by atoms with Gasteiger partial charge in [0.15, 0.2) is 0 Å². The van der Waals surface area contributed by atoms with Gasteiger partial charge in [-0.1, -0.05) is 11.6 Å². The van der Waals surface area contributed by atoms with Crippen molar-refractivity contribution in [1.29, 1.82) is 0 Å². The van der Waals surface area contributed by atoms with E-state index < -0.39 is 11.8 Å². The van der Waals surface area contributed by atoms with E-state index >= 15 is 0 Å². The van der Waals surface area contributed by atoms with Crippen LogP contribution >= 0.6 is 11.6 Å². The van der Waals surface area contributed by atoms with Gasteiger partial charge in [0.25, 0.3) is 0 Å². The van der Waals surface area contributed by atoms with Gasteiger partial charge in [0.05, 0.1) is 22.0 Å². The molecule has 5 heteroatoms. The zero-order chi connectivity index (χ0) is 12.5. The Morgan fingerprint density at radius 1 is 1.53 bits per heavy atom. The molecule has 1 aliphatic carbocycles. The standard InChI is InChI=1S/C12H16ClFN2O/c13-9-3-6-16-10(11(9)15)7-12(17)4-1-8(14)2-5-12/h3,6,8,17H,1-2,4-5,7,15H2. The number of rotatable bonds is 2. The van der Waals surface area contributed by atoms with Crippen LogP contribution in [0.15, 0.2) is 12.3 Å². The Bertz CT molecular complexity index is 405. The number of aromatic nitrogens is 1. The van der Waals surface area contributed by atoms with E-state index in [0.717, 1.165) is 0 Å². The van der Waals surface area contributed by atoms with Crippen LogP contribution in [0.25, 0.3) is 0 Å². The topological polar surface area (TPSA) is 59.1 Å². The lowest BCUT2D eigenvalue weighted by molar-refractivity contribution is -0.0148. The van der Waals surface area contributed by atoms with Crippen molar-refractivity contribution < 1.29 is 9.50 Å². The second-order valence-corrected chi connectivity index (χ2v) is 5.14. The smallest absolute Gasteiger partial charge is 0.100 e. The molecule has 0 spiro atoms. The van der Waals surface area contributed by atoms with Crippen LogP contribution in [0.1, 0.15) is 31.4 Å². The highest BCUT2D eigenvalue weighted by Gasteiger charge is 2.34. The molecule has 0 atom stereocenters. The number of anilines is 1. The monoisotopic (exact) mass is 258 g/mol. The molecule has 94 valence electrons. The number of nitrogens with two attached hydrogens (primary N) is 1. The average molecular weight is 259 g/mol. The highest BCUT2D eigenvalue weighted by atomic mass is 35.5. The van der Waals surface area contributed by atoms with Gasteiger partial charge in [-0.05, 0) is 31.7 Å². The number of aliphatic hydroxyl groups is 1. The molecule has 3 N–H and O–H groups in total. The lowest BCUT2D eigenvalue weighted by Gasteiger charge is -2.33. The van der Waals surface area contributed by atoms with Crippen molar-refractivity contribution in [2.24, 2.45) is 0 Å². The molecule has 1 aromatic heterocycles. The Hall–Kier alpha value is -0.870. The Morgan fingerprint density at radius 2 is 2.18 bits per heavy atom. The Kier molecular flexibility index (Phi) is 3.54. The predicted octanol–water partition coefficient (Wildman–Crippen LogP) is 2.50. The Morgan fingerprint density at radius 3 is 2.82 bits per heavy atom. The molecule has 3 nitrogen and oxygen atoms in total. The maximum Gasteiger partial charge on any atom is 0.100 e. The van der Waals surface area contributed by atoms with Gasteiger partial charge in [-0.3, -0.25) is 4.98 Å². The molecule has 17 heavy (non-hydrogen) atoms. The highest BCUT2D eigenvalue weighted by molar-refractivity contribution is 6.33. The summed E-state index contributed by atoms with van der Waals surface area (Å²) in [5.74, 6) is 0. The molecule has 1 fully saturated rings. The first-order valence-electron chi connectivity index (χ1n) is 5.75. The first kappa shape index (κ1) is 12.6. The van der Waals surface area contributed by atoms with Crippen molar-refractivity contribution in [3.05, 3.63) is 23.0 Å². The Balaban J connectivity index is 2.12. The van der Waals surface area contributed by atoms with Gasteiger partial charge in [-0.2, -0.15) is 0 Å². The minimum Gasteiger partial charge on any atom is -0.396 e. The molecule has 0 saturated heterocycles. The first-order chi connectivity index (χ1) is 8.00. The summed E-state index contributed by atoms with van der Waals surface area (Å²) in [6.07, 6.45) is 2.81. The van der Waals surface area contributed by atoms with Crippen LogP contribution in [0.3, 0.4) is 0 Å². The van der Waals surface area contributed by atoms with Gasteiger partial charge >= 0.3 is 0 Å². The second kappa shape index (κ2) is 4.78. The van der Waals surface area contributed by atoms with E-state index in [9.17, 15) is 9.50 Å². The third-order valence-corrected chi connectivity index (χ3v) is 3.69. The van der Waals surface area contributed by atoms with Gasteiger partial charge in [0, 0.05) is 12.6 Å². The van der Waals surface area contributed by atoms with Crippen LogP contribution in [-0.4, -0.2) is 21.9 Å². The van der Waals surface area contributed by atoms with E-state index in [-0.39, 0.29) is 0 Å². The molecule has 0 radical (unpaired) electrons. The fraction of sp³-hybridized carbons (Fsp3) is 0.583. The van der Waals surface area contributed by atoms with E-state index in [1.807, 2.05) is 0 Å². The van der Waals surface area contributed by atoms with Gasteiger partial charge < -0.3 is 10.8 Å². The molecule has 1 saturated carbocycles. The van der Waals surface area contributed by atoms with Crippen molar-refractivity contribution in [3.63, 3.8) is 0 Å². The van der Waals surface area contributed by atoms with Crippen LogP contribution in [0, 0.1) is 0 Å². The van der Waals surface area contributed by atoms with Crippen molar-refractivity contribution in [3.8, 4) is 0 Å². The molecule has 0 aliphatic heterocycles. The van der Waals surface area contributed by atoms with Crippen LogP contribution in [0.4, 0.5) is 10.1 Å². The van der Waals surface area contributed by atoms with Gasteiger partial charge in [-0.15, -0.1) is 0 Å². The fourth-order valence-corrected chi connectivity index (χ4v) is 2.40. The van der Waals surface area contributed by atoms with Crippen LogP contribution in [-0.2, 0) is 6.42 Å². The number of nitrogens with zero attached hydrogens (tertiary/aromatic N) is 1. The van der Waals surface area contributed by atoms with Crippen molar-refractivity contribution in [1.82, 2.24) is 4.98 Å². The molecular weight excluding hydrogens is 243 g/mol. The SMILES string of the molecule is Nc1c(Cl)ccnc1CC1(O)CCC(F)CC1. The third-order valence-electron chi connectivity index (χ3n) is 3.36. The molecular formula is C12H16ClFN2O. The number of halogens is 2. The zero-order valence-electron chi connectivity index (χ0n) is 9.50. The average Bonchev–Trinajstić information content (AvgIpc) is 2.30. The number of hydrogen-bond acceptors (Lipinski definition) is 3. The van der Waals surface area contributed by atoms with Crippen LogP contribution in [0.5, 0.6) is 0 Å². The summed E-state index contributed by atoms with van der Waals surface area (Å²) in [4.78, 5) is 4.13. The van der Waals surface area contributed by atoms with Crippen molar-refractivity contribution in [2.45, 2.75) is 43.9 Å². The van der Waals surface area contributed by atoms with Gasteiger partial charge in [0.2, 0.25) is 0 Å². The number of alkyl halides is 1. The fourth-order valence-electron chi connectivity index (χ4n) is 2.24. The maximum atomic E-state index is 13.0. The molecule has 0 unspecified atom stereocenters. The molecule has 0 aromatic carbocycles. The predicted molar refractivity (Wildman–Crippen MR) is 65.7 cm³/mol. The first-order valence-corrected chi connectivity index (χ1v) is 6.13. The molecule has 0 amide bonds. The van der Waals surface area contributed by atoms with Crippen LogP contribution < -0.4 is 5.73 Å². The normalized spacial score (nSPS) is 29.2. The minimum atomic E-state index is -0.894. The number of hydrogen-bond donors (Lipinski definition) is 2. The summed E-state index contributed by atoms with van der Waals surface area (Å²) < 4.78 is 13.0. The minimum absolute atomic E-state index is 0.339. The summed E-state index contributed by atoms with van der Waals surface area (Å²) >= 11 is 5.89. The maximum absolute atomic E-state index is 13.0. The zero-order valence-corrected chi connectivity index (χ0v) is 10.3. The molecule has 2 rings (SSSR count). The van der Waals surface area contributed by atoms with E-state index in [1.165, 1.54) is 0 Å². The number of pyridine rings is 1. The van der Waals surface area contributed by atoms with Gasteiger partial charge in [-0.25, -0.2) is 4.39 Å². The summed E-state index contributed by atoms with van der Waals surface area (Å²) in [5.41, 5.74) is 5.91. The third kappa shape index (κ3) is 2.87. The number of nitrogen functional groups attached to an aromatic ring is 1. The molecule has 0 bridgehead atoms. The Labute approximate surface area is 105 Å². The molecule has 1 heterocycles. The van der Waals surface area contributed by atoms with E-state index in [1.54, 1.807) is 12.3 Å². The lowest BCUT2D eigenvalue weighted by Crippen LogP contribution is -2.37. The summed E-state index contributed by atoms with van der Waals surface area (Å²) in [5, 5.41) is 10.8. The van der Waals surface area contributed by atoms with E-state index in [0.29, 0.717) is 48.5 Å². The van der Waals surface area contributed by atoms with Crippen LogP contribution in [0.2, 0.25) is 5.02 Å². The molecule has 1 aliphatic rings. The van der Waals surface area contributed by atoms with Crippen molar-refractivity contribution >= 4 is 17.3 Å².